The molecule has 10 heteroatoms. The van der Waals surface area contributed by atoms with E-state index >= 15 is 0 Å². The van der Waals surface area contributed by atoms with Crippen LogP contribution in [-0.2, 0) is 13.1 Å². The number of fused-ring (bicyclic) bond motifs is 3. The van der Waals surface area contributed by atoms with Crippen molar-refractivity contribution in [1.82, 2.24) is 9.80 Å². The molecule has 0 unspecified atom stereocenters. The number of para-hydroxylation sites is 1. The molecule has 0 atom stereocenters. The van der Waals surface area contributed by atoms with Gasteiger partial charge in [0.1, 0.15) is 11.3 Å². The van der Waals surface area contributed by atoms with Crippen molar-refractivity contribution in [3.63, 3.8) is 0 Å². The van der Waals surface area contributed by atoms with Crippen molar-refractivity contribution in [3.05, 3.63) is 92.6 Å². The van der Waals surface area contributed by atoms with E-state index in [9.17, 15) is 14.7 Å². The summed E-state index contributed by atoms with van der Waals surface area (Å²) in [4.78, 5) is 30.6. The maximum absolute atomic E-state index is 13.2. The van der Waals surface area contributed by atoms with Gasteiger partial charge in [0.05, 0.1) is 17.7 Å². The van der Waals surface area contributed by atoms with E-state index in [4.69, 9.17) is 23.0 Å². The van der Waals surface area contributed by atoms with Crippen LogP contribution >= 0.6 is 0 Å². The highest BCUT2D eigenvalue weighted by atomic mass is 16.7. The van der Waals surface area contributed by atoms with Gasteiger partial charge in [-0.25, -0.2) is 9.59 Å². The number of hydrogen-bond donors (Lipinski definition) is 1. The number of benzene rings is 3. The minimum absolute atomic E-state index is 0.0301. The van der Waals surface area contributed by atoms with Crippen molar-refractivity contribution in [3.8, 4) is 34.1 Å². The van der Waals surface area contributed by atoms with Crippen LogP contribution in [0, 0.1) is 0 Å². The highest BCUT2D eigenvalue weighted by Gasteiger charge is 2.23. The summed E-state index contributed by atoms with van der Waals surface area (Å²) < 4.78 is 27.9. The first-order valence-electron chi connectivity index (χ1n) is 14.3. The van der Waals surface area contributed by atoms with Gasteiger partial charge in [0, 0.05) is 61.7 Å². The van der Waals surface area contributed by atoms with Gasteiger partial charge in [0.15, 0.2) is 22.8 Å². The van der Waals surface area contributed by atoms with Crippen LogP contribution in [0.3, 0.4) is 0 Å². The molecule has 2 aromatic heterocycles. The molecule has 2 aliphatic heterocycles. The Morgan fingerprint density at radius 2 is 1.60 bits per heavy atom. The third kappa shape index (κ3) is 5.19. The summed E-state index contributed by atoms with van der Waals surface area (Å²) in [7, 11) is 0. The molecule has 1 saturated heterocycles. The van der Waals surface area contributed by atoms with Crippen molar-refractivity contribution in [1.29, 1.82) is 0 Å². The van der Waals surface area contributed by atoms with Gasteiger partial charge in [0.25, 0.3) is 0 Å². The molecule has 0 bridgehead atoms. The van der Waals surface area contributed by atoms with Crippen molar-refractivity contribution in [2.45, 2.75) is 20.0 Å². The SMILES string of the molecule is CCOc1cccc2cc(-c3cc(=O)oc4c(CN5CCN(Cc6ccc7c(c6)OCO7)CC5)c(O)ccc34)c(=O)oc12. The normalized spacial score (nSPS) is 15.4. The second-order valence-corrected chi connectivity index (χ2v) is 10.7. The van der Waals surface area contributed by atoms with Crippen molar-refractivity contribution in [2.75, 3.05) is 39.6 Å². The van der Waals surface area contributed by atoms with Gasteiger partial charge in [-0.15, -0.1) is 0 Å². The zero-order chi connectivity index (χ0) is 29.5. The Hall–Kier alpha value is -4.80. The third-order valence-electron chi connectivity index (χ3n) is 7.99. The molecule has 0 spiro atoms. The number of hydrogen-bond acceptors (Lipinski definition) is 10. The van der Waals surface area contributed by atoms with Gasteiger partial charge >= 0.3 is 11.3 Å². The molecular weight excluding hydrogens is 552 g/mol. The van der Waals surface area contributed by atoms with Crippen molar-refractivity contribution < 1.29 is 28.2 Å². The second kappa shape index (κ2) is 11.1. The standard InChI is InChI=1S/C33H30N2O8/c1-2-39-28-5-3-4-21-15-24(33(38)43-31(21)28)23-16-30(37)42-32-22(23)7-8-26(36)25(32)18-35-12-10-34(11-13-35)17-20-6-9-27-29(14-20)41-19-40-27/h3-9,14-16,36H,2,10-13,17-19H2,1H3. The van der Waals surface area contributed by atoms with Crippen LogP contribution in [0.5, 0.6) is 23.0 Å². The Morgan fingerprint density at radius 1 is 0.814 bits per heavy atom. The molecule has 0 amide bonds. The maximum Gasteiger partial charge on any atom is 0.344 e. The summed E-state index contributed by atoms with van der Waals surface area (Å²) in [6, 6.07) is 17.6. The van der Waals surface area contributed by atoms with E-state index in [1.807, 2.05) is 31.2 Å². The Morgan fingerprint density at radius 3 is 2.42 bits per heavy atom. The summed E-state index contributed by atoms with van der Waals surface area (Å²) in [6.45, 7) is 6.91. The van der Waals surface area contributed by atoms with Crippen molar-refractivity contribution >= 4 is 21.9 Å². The summed E-state index contributed by atoms with van der Waals surface area (Å²) >= 11 is 0. The molecular formula is C33H30N2O8. The van der Waals surface area contributed by atoms with Crippen LogP contribution < -0.4 is 25.5 Å². The second-order valence-electron chi connectivity index (χ2n) is 10.7. The van der Waals surface area contributed by atoms with E-state index in [-0.39, 0.29) is 23.7 Å². The summed E-state index contributed by atoms with van der Waals surface area (Å²) in [5.74, 6) is 2.06. The largest absolute Gasteiger partial charge is 0.507 e. The smallest absolute Gasteiger partial charge is 0.344 e. The first-order valence-corrected chi connectivity index (χ1v) is 14.3. The monoisotopic (exact) mass is 582 g/mol. The summed E-state index contributed by atoms with van der Waals surface area (Å²) in [6.07, 6.45) is 0. The fourth-order valence-electron chi connectivity index (χ4n) is 5.85. The molecule has 0 saturated carbocycles. The van der Waals surface area contributed by atoms with E-state index in [2.05, 4.69) is 15.9 Å². The first kappa shape index (κ1) is 27.1. The van der Waals surface area contributed by atoms with Gasteiger partial charge in [-0.2, -0.15) is 0 Å². The lowest BCUT2D eigenvalue weighted by molar-refractivity contribution is 0.121. The predicted octanol–water partition coefficient (Wildman–Crippen LogP) is 4.72. The van der Waals surface area contributed by atoms with Crippen LogP contribution in [0.2, 0.25) is 0 Å². The minimum atomic E-state index is -0.620. The van der Waals surface area contributed by atoms with E-state index in [0.717, 1.165) is 49.8 Å². The van der Waals surface area contributed by atoms with Crippen LogP contribution in [0.25, 0.3) is 33.1 Å². The lowest BCUT2D eigenvalue weighted by atomic mass is 9.99. The average molecular weight is 583 g/mol. The minimum Gasteiger partial charge on any atom is -0.507 e. The fourth-order valence-corrected chi connectivity index (χ4v) is 5.85. The zero-order valence-corrected chi connectivity index (χ0v) is 23.6. The molecule has 3 aromatic carbocycles. The van der Waals surface area contributed by atoms with E-state index in [0.29, 0.717) is 46.4 Å². The number of ether oxygens (including phenoxy) is 3. The molecule has 1 fully saturated rings. The number of phenolic OH excluding ortho intramolecular Hbond substituents is 1. The van der Waals surface area contributed by atoms with Crippen LogP contribution in [0.15, 0.2) is 79.1 Å². The topological polar surface area (TPSA) is 115 Å². The third-order valence-corrected chi connectivity index (χ3v) is 7.99. The van der Waals surface area contributed by atoms with Crippen LogP contribution in [0.4, 0.5) is 0 Å². The number of aromatic hydroxyl groups is 1. The lowest BCUT2D eigenvalue weighted by Gasteiger charge is -2.34. The number of nitrogens with zero attached hydrogens (tertiary/aromatic N) is 2. The average Bonchev–Trinajstić information content (AvgIpc) is 3.47. The summed E-state index contributed by atoms with van der Waals surface area (Å²) in [5, 5.41) is 12.1. The fraction of sp³-hybridized carbons (Fsp3) is 0.273. The molecule has 0 aliphatic carbocycles. The summed E-state index contributed by atoms with van der Waals surface area (Å²) in [5.41, 5.74) is 1.67. The molecule has 4 heterocycles. The van der Waals surface area contributed by atoms with E-state index in [1.165, 1.54) is 6.07 Å². The molecule has 2 aliphatic rings. The molecule has 1 N–H and O–H groups in total. The Labute approximate surface area is 246 Å². The molecule has 0 radical (unpaired) electrons. The molecule has 10 nitrogen and oxygen atoms in total. The predicted molar refractivity (Wildman–Crippen MR) is 160 cm³/mol. The van der Waals surface area contributed by atoms with Crippen molar-refractivity contribution in [2.24, 2.45) is 0 Å². The quantitative estimate of drug-likeness (QED) is 0.271. The number of phenols is 1. The molecule has 7 rings (SSSR count). The van der Waals surface area contributed by atoms with Gasteiger partial charge in [-0.05, 0) is 48.9 Å². The van der Waals surface area contributed by atoms with E-state index in [1.54, 1.807) is 24.3 Å². The number of piperazine rings is 1. The van der Waals surface area contributed by atoms with Crippen LogP contribution in [0.1, 0.15) is 18.1 Å². The Balaban J connectivity index is 1.15. The molecule has 220 valence electrons. The van der Waals surface area contributed by atoms with E-state index < -0.39 is 11.3 Å². The maximum atomic E-state index is 13.2. The first-order chi connectivity index (χ1) is 21.0. The highest BCUT2D eigenvalue weighted by Crippen LogP contribution is 2.36. The van der Waals surface area contributed by atoms with Gasteiger partial charge in [-0.1, -0.05) is 18.2 Å². The van der Waals surface area contributed by atoms with Gasteiger partial charge in [0.2, 0.25) is 6.79 Å². The Bertz CT molecular complexity index is 1960. The lowest BCUT2D eigenvalue weighted by Crippen LogP contribution is -2.45. The van der Waals surface area contributed by atoms with Gasteiger partial charge < -0.3 is 28.2 Å². The zero-order valence-electron chi connectivity index (χ0n) is 23.6. The number of rotatable bonds is 7. The molecule has 43 heavy (non-hydrogen) atoms. The van der Waals surface area contributed by atoms with Gasteiger partial charge in [-0.3, -0.25) is 9.80 Å². The highest BCUT2D eigenvalue weighted by molar-refractivity contribution is 5.97. The Kier molecular flexibility index (Phi) is 7.00. The molecule has 5 aromatic rings. The van der Waals surface area contributed by atoms with Crippen LogP contribution in [-0.4, -0.2) is 54.5 Å².